The number of hydrazone groups is 1. The number of hydrogen-bond acceptors (Lipinski definition) is 6. The summed E-state index contributed by atoms with van der Waals surface area (Å²) in [6.45, 7) is 2.06. The smallest absolute Gasteiger partial charge is 0.269 e. The Labute approximate surface area is 130 Å². The largest absolute Gasteiger partial charge is 0.273 e. The zero-order chi connectivity index (χ0) is 15.3. The zero-order valence-electron chi connectivity index (χ0n) is 11.4. The van der Waals surface area contributed by atoms with Crippen molar-refractivity contribution in [3.63, 3.8) is 0 Å². The Morgan fingerprint density at radius 3 is 2.62 bits per heavy atom. The fourth-order valence-electron chi connectivity index (χ4n) is 1.85. The second kappa shape index (κ2) is 6.95. The van der Waals surface area contributed by atoms with Crippen molar-refractivity contribution >= 4 is 41.3 Å². The van der Waals surface area contributed by atoms with Crippen molar-refractivity contribution in [3.8, 4) is 0 Å². The van der Waals surface area contributed by atoms with Crippen LogP contribution in [0, 0.1) is 10.1 Å². The first-order chi connectivity index (χ1) is 9.98. The van der Waals surface area contributed by atoms with Crippen LogP contribution in [0.3, 0.4) is 0 Å². The van der Waals surface area contributed by atoms with Crippen LogP contribution in [0.15, 0.2) is 29.4 Å². The van der Waals surface area contributed by atoms with E-state index in [1.807, 2.05) is 0 Å². The van der Waals surface area contributed by atoms with Gasteiger partial charge in [0.2, 0.25) is 5.91 Å². The van der Waals surface area contributed by atoms with Gasteiger partial charge in [-0.25, -0.2) is 5.43 Å². The van der Waals surface area contributed by atoms with Crippen LogP contribution >= 0.6 is 23.5 Å². The number of nitro benzene ring substituents is 1. The average molecular weight is 325 g/mol. The first-order valence-corrected chi connectivity index (χ1v) is 8.30. The van der Waals surface area contributed by atoms with E-state index in [0.29, 0.717) is 12.0 Å². The van der Waals surface area contributed by atoms with Gasteiger partial charge in [-0.1, -0.05) is 0 Å². The van der Waals surface area contributed by atoms with Crippen LogP contribution in [0.1, 0.15) is 18.9 Å². The molecule has 1 saturated heterocycles. The molecule has 0 aliphatic carbocycles. The van der Waals surface area contributed by atoms with Gasteiger partial charge in [-0.2, -0.15) is 5.10 Å². The maximum absolute atomic E-state index is 11.8. The molecule has 1 amide bonds. The van der Waals surface area contributed by atoms with Gasteiger partial charge >= 0.3 is 0 Å². The van der Waals surface area contributed by atoms with E-state index < -0.39 is 4.92 Å². The van der Waals surface area contributed by atoms with Crippen molar-refractivity contribution in [2.45, 2.75) is 17.4 Å². The maximum Gasteiger partial charge on any atom is 0.269 e. The molecule has 1 aromatic rings. The number of amides is 1. The van der Waals surface area contributed by atoms with Gasteiger partial charge in [-0.3, -0.25) is 14.9 Å². The molecule has 0 saturated carbocycles. The van der Waals surface area contributed by atoms with Gasteiger partial charge in [0.05, 0.1) is 21.6 Å². The second-order valence-corrected chi connectivity index (χ2v) is 8.10. The van der Waals surface area contributed by atoms with Gasteiger partial charge in [0, 0.05) is 23.6 Å². The molecular formula is C13H15N3O3S2. The van der Waals surface area contributed by atoms with E-state index in [-0.39, 0.29) is 15.7 Å². The minimum atomic E-state index is -0.458. The summed E-state index contributed by atoms with van der Waals surface area (Å²) < 4.78 is -0.0625. The highest BCUT2D eigenvalue weighted by Crippen LogP contribution is 2.45. The fraction of sp³-hybridized carbons (Fsp3) is 0.385. The highest BCUT2D eigenvalue weighted by Gasteiger charge is 2.32. The SMILES string of the molecule is CC1(CC(=O)N/N=C\c2ccc([N+](=O)[O-])cc2)SCCS1. The third-order valence-electron chi connectivity index (χ3n) is 2.89. The van der Waals surface area contributed by atoms with Gasteiger partial charge in [-0.05, 0) is 24.6 Å². The van der Waals surface area contributed by atoms with E-state index >= 15 is 0 Å². The molecule has 21 heavy (non-hydrogen) atoms. The van der Waals surface area contributed by atoms with Crippen molar-refractivity contribution < 1.29 is 9.72 Å². The molecule has 2 rings (SSSR count). The van der Waals surface area contributed by atoms with E-state index in [0.717, 1.165) is 11.5 Å². The number of nitrogens with zero attached hydrogens (tertiary/aromatic N) is 2. The number of carbonyl (C=O) groups is 1. The minimum absolute atomic E-state index is 0.0272. The molecule has 1 aromatic carbocycles. The molecule has 112 valence electrons. The summed E-state index contributed by atoms with van der Waals surface area (Å²) in [6.07, 6.45) is 1.89. The zero-order valence-corrected chi connectivity index (χ0v) is 13.1. The lowest BCUT2D eigenvalue weighted by Crippen LogP contribution is -2.26. The topological polar surface area (TPSA) is 84.6 Å². The number of carbonyl (C=O) groups excluding carboxylic acids is 1. The summed E-state index contributed by atoms with van der Waals surface area (Å²) in [5.41, 5.74) is 3.21. The summed E-state index contributed by atoms with van der Waals surface area (Å²) in [5.74, 6) is 2.01. The van der Waals surface area contributed by atoms with E-state index in [9.17, 15) is 14.9 Å². The molecule has 1 fully saturated rings. The molecule has 8 heteroatoms. The summed E-state index contributed by atoms with van der Waals surface area (Å²) >= 11 is 3.59. The van der Waals surface area contributed by atoms with Crippen molar-refractivity contribution in [3.05, 3.63) is 39.9 Å². The lowest BCUT2D eigenvalue weighted by Gasteiger charge is -2.19. The second-order valence-electron chi connectivity index (χ2n) is 4.65. The van der Waals surface area contributed by atoms with E-state index in [2.05, 4.69) is 17.5 Å². The molecule has 6 nitrogen and oxygen atoms in total. The number of nitro groups is 1. The Balaban J connectivity index is 1.84. The quantitative estimate of drug-likeness (QED) is 0.511. The third kappa shape index (κ3) is 4.75. The van der Waals surface area contributed by atoms with Crippen LogP contribution in [-0.4, -0.2) is 32.6 Å². The molecule has 0 spiro atoms. The Morgan fingerprint density at radius 2 is 2.05 bits per heavy atom. The predicted octanol–water partition coefficient (Wildman–Crippen LogP) is 2.63. The van der Waals surface area contributed by atoms with Gasteiger partial charge in [0.1, 0.15) is 0 Å². The Hall–Kier alpha value is -1.54. The van der Waals surface area contributed by atoms with Crippen molar-refractivity contribution in [2.75, 3.05) is 11.5 Å². The fourth-order valence-corrected chi connectivity index (χ4v) is 4.68. The lowest BCUT2D eigenvalue weighted by atomic mass is 10.2. The normalized spacial score (nSPS) is 17.0. The number of benzene rings is 1. The third-order valence-corrected chi connectivity index (χ3v) is 6.18. The standard InChI is InChI=1S/C13H15N3O3S2/c1-13(20-6-7-21-13)8-12(17)15-14-9-10-2-4-11(5-3-10)16(18)19/h2-5,9H,6-8H2,1H3,(H,15,17)/b14-9-. The van der Waals surface area contributed by atoms with Crippen LogP contribution < -0.4 is 5.43 Å². The molecule has 1 heterocycles. The van der Waals surface area contributed by atoms with Crippen LogP contribution in [-0.2, 0) is 4.79 Å². The average Bonchev–Trinajstić information content (AvgIpc) is 2.85. The first-order valence-electron chi connectivity index (χ1n) is 6.33. The van der Waals surface area contributed by atoms with Gasteiger partial charge in [0.15, 0.2) is 0 Å². The van der Waals surface area contributed by atoms with E-state index in [1.165, 1.54) is 18.3 Å². The number of nitrogens with one attached hydrogen (secondary N) is 1. The van der Waals surface area contributed by atoms with Crippen LogP contribution in [0.4, 0.5) is 5.69 Å². The van der Waals surface area contributed by atoms with Crippen molar-refractivity contribution in [1.29, 1.82) is 0 Å². The Morgan fingerprint density at radius 1 is 1.43 bits per heavy atom. The lowest BCUT2D eigenvalue weighted by molar-refractivity contribution is -0.384. The predicted molar refractivity (Wildman–Crippen MR) is 86.8 cm³/mol. The van der Waals surface area contributed by atoms with E-state index in [1.54, 1.807) is 35.7 Å². The number of hydrogen-bond donors (Lipinski definition) is 1. The molecule has 1 aliphatic heterocycles. The Bertz CT molecular complexity index is 554. The molecule has 0 radical (unpaired) electrons. The number of thioether (sulfide) groups is 2. The van der Waals surface area contributed by atoms with Crippen molar-refractivity contribution in [2.24, 2.45) is 5.10 Å². The summed E-state index contributed by atoms with van der Waals surface area (Å²) in [7, 11) is 0. The molecule has 1 N–H and O–H groups in total. The molecular weight excluding hydrogens is 310 g/mol. The van der Waals surface area contributed by atoms with Crippen LogP contribution in [0.25, 0.3) is 0 Å². The van der Waals surface area contributed by atoms with Crippen molar-refractivity contribution in [1.82, 2.24) is 5.43 Å². The van der Waals surface area contributed by atoms with E-state index in [4.69, 9.17) is 0 Å². The minimum Gasteiger partial charge on any atom is -0.273 e. The monoisotopic (exact) mass is 325 g/mol. The number of rotatable bonds is 5. The summed E-state index contributed by atoms with van der Waals surface area (Å²) in [6, 6.07) is 5.96. The molecule has 0 unspecified atom stereocenters. The molecule has 0 bridgehead atoms. The molecule has 0 atom stereocenters. The Kier molecular flexibility index (Phi) is 5.24. The van der Waals surface area contributed by atoms with Gasteiger partial charge < -0.3 is 0 Å². The molecule has 1 aliphatic rings. The summed E-state index contributed by atoms with van der Waals surface area (Å²) in [4.78, 5) is 21.9. The summed E-state index contributed by atoms with van der Waals surface area (Å²) in [5, 5.41) is 14.4. The van der Waals surface area contributed by atoms with Gasteiger partial charge in [-0.15, -0.1) is 23.5 Å². The van der Waals surface area contributed by atoms with Crippen LogP contribution in [0.2, 0.25) is 0 Å². The number of non-ortho nitro benzene ring substituents is 1. The highest BCUT2D eigenvalue weighted by molar-refractivity contribution is 8.21. The van der Waals surface area contributed by atoms with Crippen LogP contribution in [0.5, 0.6) is 0 Å². The first kappa shape index (κ1) is 15.8. The molecule has 0 aromatic heterocycles. The maximum atomic E-state index is 11.8. The van der Waals surface area contributed by atoms with Gasteiger partial charge in [0.25, 0.3) is 5.69 Å². The highest BCUT2D eigenvalue weighted by atomic mass is 32.2.